The van der Waals surface area contributed by atoms with E-state index in [9.17, 15) is 19.8 Å². The van der Waals surface area contributed by atoms with E-state index in [1.165, 1.54) is 4.90 Å². The first-order chi connectivity index (χ1) is 26.2. The van der Waals surface area contributed by atoms with Crippen LogP contribution in [0.5, 0.6) is 0 Å². The summed E-state index contributed by atoms with van der Waals surface area (Å²) in [6.45, 7) is 4.44. The molecule has 54 heavy (non-hydrogen) atoms. The van der Waals surface area contributed by atoms with Gasteiger partial charge in [-0.25, -0.2) is 0 Å². The maximum Gasteiger partial charge on any atom is 0.261 e. The number of hydrogen-bond donors (Lipinski definition) is 2. The van der Waals surface area contributed by atoms with E-state index in [4.69, 9.17) is 21.1 Å². The molecule has 2 amide bonds. The van der Waals surface area contributed by atoms with Gasteiger partial charge in [0.15, 0.2) is 6.29 Å². The highest BCUT2D eigenvalue weighted by molar-refractivity contribution is 6.30. The average Bonchev–Trinajstić information content (AvgIpc) is 3.45. The molecule has 0 aromatic heterocycles. The maximum absolute atomic E-state index is 13.2. The molecular weight excluding hydrogens is 700 g/mol. The largest absolute Gasteiger partial charge is 0.392 e. The van der Waals surface area contributed by atoms with Crippen molar-refractivity contribution >= 4 is 23.4 Å². The second-order valence-corrected chi connectivity index (χ2v) is 15.1. The van der Waals surface area contributed by atoms with E-state index in [1.54, 1.807) is 24.3 Å². The molecule has 9 heteroatoms. The molecule has 3 aliphatic rings. The molecule has 276 valence electrons. The number of likely N-dealkylation sites (tertiary alicyclic amines) is 1. The molecule has 0 radical (unpaired) electrons. The lowest BCUT2D eigenvalue weighted by Gasteiger charge is -2.45. The number of aliphatic hydroxyl groups is 2. The Balaban J connectivity index is 1.01. The first-order valence-corrected chi connectivity index (χ1v) is 18.9. The van der Waals surface area contributed by atoms with Crippen LogP contribution in [0.4, 0.5) is 0 Å². The number of rotatable bonds is 9. The molecule has 2 fully saturated rings. The molecule has 3 heterocycles. The lowest BCUT2D eigenvalue weighted by atomic mass is 9.84. The average molecular weight is 743 g/mol. The summed E-state index contributed by atoms with van der Waals surface area (Å²) in [5.41, 5.74) is 6.36. The van der Waals surface area contributed by atoms with Crippen LogP contribution in [0.25, 0.3) is 11.1 Å². The Morgan fingerprint density at radius 3 is 1.96 bits per heavy atom. The van der Waals surface area contributed by atoms with E-state index in [1.807, 2.05) is 97.1 Å². The van der Waals surface area contributed by atoms with Crippen LogP contribution in [-0.2, 0) is 28.2 Å². The smallest absolute Gasteiger partial charge is 0.261 e. The van der Waals surface area contributed by atoms with Gasteiger partial charge >= 0.3 is 0 Å². The van der Waals surface area contributed by atoms with Crippen LogP contribution < -0.4 is 0 Å². The third kappa shape index (κ3) is 7.13. The summed E-state index contributed by atoms with van der Waals surface area (Å²) in [4.78, 5) is 30.0. The minimum absolute atomic E-state index is 0.0200. The first kappa shape index (κ1) is 36.3. The molecule has 0 bridgehead atoms. The number of fused-ring (bicyclic) bond motifs is 1. The number of ether oxygens (including phenoxy) is 2. The molecular formula is C45H43ClN2O6. The summed E-state index contributed by atoms with van der Waals surface area (Å²) in [6, 6.07) is 38.3. The number of benzene rings is 5. The third-order valence-corrected chi connectivity index (χ3v) is 11.6. The van der Waals surface area contributed by atoms with E-state index in [0.717, 1.165) is 52.0 Å². The van der Waals surface area contributed by atoms with Crippen molar-refractivity contribution in [1.29, 1.82) is 0 Å². The number of hydrogen-bond acceptors (Lipinski definition) is 7. The van der Waals surface area contributed by atoms with Crippen LogP contribution in [0, 0.1) is 5.92 Å². The number of aliphatic hydroxyl groups excluding tert-OH is 1. The summed E-state index contributed by atoms with van der Waals surface area (Å²) in [6.07, 6.45) is 0.174. The number of piperidine rings is 1. The Morgan fingerprint density at radius 2 is 1.33 bits per heavy atom. The molecule has 2 N–H and O–H groups in total. The van der Waals surface area contributed by atoms with Crippen molar-refractivity contribution in [2.75, 3.05) is 19.6 Å². The van der Waals surface area contributed by atoms with E-state index < -0.39 is 11.9 Å². The van der Waals surface area contributed by atoms with E-state index in [-0.39, 0.29) is 43.1 Å². The molecule has 8 nitrogen and oxygen atoms in total. The van der Waals surface area contributed by atoms with Gasteiger partial charge in [0.05, 0.1) is 42.1 Å². The van der Waals surface area contributed by atoms with Crippen LogP contribution >= 0.6 is 11.6 Å². The van der Waals surface area contributed by atoms with Crippen molar-refractivity contribution in [1.82, 2.24) is 9.80 Å². The Hall–Kier alpha value is -4.67. The van der Waals surface area contributed by atoms with Gasteiger partial charge in [0.2, 0.25) is 0 Å². The van der Waals surface area contributed by atoms with Crippen molar-refractivity contribution < 1.29 is 29.3 Å². The molecule has 5 aromatic carbocycles. The number of carbonyl (C=O) groups is 2. The summed E-state index contributed by atoms with van der Waals surface area (Å²) in [7, 11) is 0. The number of halogens is 1. The zero-order valence-corrected chi connectivity index (χ0v) is 30.9. The summed E-state index contributed by atoms with van der Waals surface area (Å²) >= 11 is 6.11. The molecule has 8 rings (SSSR count). The van der Waals surface area contributed by atoms with Crippen molar-refractivity contribution in [3.63, 3.8) is 0 Å². The first-order valence-electron chi connectivity index (χ1n) is 18.6. The van der Waals surface area contributed by atoms with Gasteiger partial charge in [0.1, 0.15) is 0 Å². The van der Waals surface area contributed by atoms with Gasteiger partial charge in [-0.2, -0.15) is 0 Å². The molecule has 3 aliphatic heterocycles. The lowest BCUT2D eigenvalue weighted by molar-refractivity contribution is -0.277. The second kappa shape index (κ2) is 15.2. The highest BCUT2D eigenvalue weighted by Gasteiger charge is 2.41. The topological polar surface area (TPSA) is 99.5 Å². The summed E-state index contributed by atoms with van der Waals surface area (Å²) < 4.78 is 13.5. The van der Waals surface area contributed by atoms with Gasteiger partial charge in [0.25, 0.3) is 11.8 Å². The highest BCUT2D eigenvalue weighted by atomic mass is 35.5. The Kier molecular flexibility index (Phi) is 10.2. The van der Waals surface area contributed by atoms with Crippen LogP contribution in [0.3, 0.4) is 0 Å². The lowest BCUT2D eigenvalue weighted by Crippen LogP contribution is -2.49. The molecule has 0 unspecified atom stereocenters. The monoisotopic (exact) mass is 742 g/mol. The van der Waals surface area contributed by atoms with Gasteiger partial charge in [-0.3, -0.25) is 14.5 Å². The highest BCUT2D eigenvalue weighted by Crippen LogP contribution is 2.43. The Labute approximate surface area is 320 Å². The second-order valence-electron chi connectivity index (χ2n) is 14.7. The summed E-state index contributed by atoms with van der Waals surface area (Å²) in [5, 5.41) is 21.8. The predicted octanol–water partition coefficient (Wildman–Crippen LogP) is 8.07. The molecule has 0 saturated carbocycles. The molecule has 2 saturated heterocycles. The van der Waals surface area contributed by atoms with Gasteiger partial charge in [-0.15, -0.1) is 0 Å². The predicted molar refractivity (Wildman–Crippen MR) is 207 cm³/mol. The quantitative estimate of drug-likeness (QED) is 0.147. The minimum atomic E-state index is -0.895. The van der Waals surface area contributed by atoms with Crippen LogP contribution in [0.2, 0.25) is 5.02 Å². The number of carbonyl (C=O) groups excluding carboxylic acids is 2. The number of amides is 2. The van der Waals surface area contributed by atoms with Crippen molar-refractivity contribution in [2.24, 2.45) is 5.92 Å². The third-order valence-electron chi connectivity index (χ3n) is 11.3. The fourth-order valence-corrected chi connectivity index (χ4v) is 8.18. The standard InChI is InChI=1S/C45H43ClN2O6/c1-29-40(27-47-24-22-45(52,23-25-47)35-18-20-36(46)21-19-35)53-44(54-41(29)32-12-10-30(28-49)11-13-32)33-16-14-31(15-17-33)37-7-3-2-6-34(37)26-48-42(50)38-8-4-5-9-39(38)43(48)51/h2-21,29,40-41,44,49,52H,22-28H2,1H3/t29-,40+,41+,44+/m0/s1. The summed E-state index contributed by atoms with van der Waals surface area (Å²) in [5.74, 6) is -0.538. The van der Waals surface area contributed by atoms with Gasteiger partial charge in [-0.1, -0.05) is 116 Å². The maximum atomic E-state index is 13.2. The molecule has 5 aromatic rings. The Bertz CT molecular complexity index is 2090. The minimum Gasteiger partial charge on any atom is -0.392 e. The van der Waals surface area contributed by atoms with Gasteiger partial charge in [0, 0.05) is 36.1 Å². The molecule has 0 aliphatic carbocycles. The van der Waals surface area contributed by atoms with Crippen molar-refractivity contribution in [3.8, 4) is 11.1 Å². The van der Waals surface area contributed by atoms with Crippen LogP contribution in [0.15, 0.2) is 121 Å². The van der Waals surface area contributed by atoms with Gasteiger partial charge < -0.3 is 24.6 Å². The van der Waals surface area contributed by atoms with E-state index in [0.29, 0.717) is 35.5 Å². The fourth-order valence-electron chi connectivity index (χ4n) is 8.05. The number of nitrogens with zero attached hydrogens (tertiary/aromatic N) is 2. The Morgan fingerprint density at radius 1 is 0.741 bits per heavy atom. The number of imide groups is 1. The van der Waals surface area contributed by atoms with Crippen molar-refractivity contribution in [3.05, 3.63) is 165 Å². The fraction of sp³-hybridized carbons (Fsp3) is 0.289. The van der Waals surface area contributed by atoms with Crippen molar-refractivity contribution in [2.45, 2.75) is 57.0 Å². The van der Waals surface area contributed by atoms with Crippen LogP contribution in [-0.4, -0.2) is 57.6 Å². The molecule has 0 spiro atoms. The van der Waals surface area contributed by atoms with Crippen LogP contribution in [0.1, 0.15) is 80.7 Å². The van der Waals surface area contributed by atoms with E-state index >= 15 is 0 Å². The normalized spacial score (nSPS) is 22.7. The zero-order chi connectivity index (χ0) is 37.4. The van der Waals surface area contributed by atoms with Gasteiger partial charge in [-0.05, 0) is 70.5 Å². The van der Waals surface area contributed by atoms with E-state index in [2.05, 4.69) is 11.8 Å². The zero-order valence-electron chi connectivity index (χ0n) is 30.1. The SMILES string of the molecule is C[C@H]1[C@@H](CN2CCC(O)(c3ccc(Cl)cc3)CC2)O[C@@H](c2ccc(-c3ccccc3CN3C(=O)c4ccccc4C3=O)cc2)O[C@H]1c1ccc(CO)cc1. The molecule has 4 atom stereocenters.